The summed E-state index contributed by atoms with van der Waals surface area (Å²) in [7, 11) is 0. The van der Waals surface area contributed by atoms with Crippen molar-refractivity contribution in [3.8, 4) is 0 Å². The Labute approximate surface area is 117 Å². The standard InChI is InChI=1S/C15H21F3N2/c1-11-5-4-7-13(9-19)20(11)10-12-6-2-3-8-14(12)15(16,17)18/h2-3,6,8,11,13H,4-5,7,9-10,19H2,1H3. The molecule has 2 N–H and O–H groups in total. The van der Waals surface area contributed by atoms with E-state index in [0.29, 0.717) is 18.7 Å². The first-order chi connectivity index (χ1) is 9.43. The molecule has 0 bridgehead atoms. The van der Waals surface area contributed by atoms with Crippen LogP contribution in [0.2, 0.25) is 0 Å². The van der Waals surface area contributed by atoms with E-state index in [1.54, 1.807) is 12.1 Å². The Balaban J connectivity index is 2.24. The molecular weight excluding hydrogens is 265 g/mol. The second kappa shape index (κ2) is 6.14. The predicted octanol–water partition coefficient (Wildman–Crippen LogP) is 3.41. The Morgan fingerprint density at radius 1 is 1.25 bits per heavy atom. The molecule has 1 saturated heterocycles. The summed E-state index contributed by atoms with van der Waals surface area (Å²) in [5.74, 6) is 0. The zero-order valence-corrected chi connectivity index (χ0v) is 11.7. The van der Waals surface area contributed by atoms with Crippen molar-refractivity contribution < 1.29 is 13.2 Å². The lowest BCUT2D eigenvalue weighted by molar-refractivity contribution is -0.138. The minimum absolute atomic E-state index is 0.181. The average molecular weight is 286 g/mol. The highest BCUT2D eigenvalue weighted by Gasteiger charge is 2.35. The molecule has 112 valence electrons. The molecule has 0 aromatic heterocycles. The summed E-state index contributed by atoms with van der Waals surface area (Å²) in [6.45, 7) is 2.88. The van der Waals surface area contributed by atoms with Gasteiger partial charge >= 0.3 is 6.18 Å². The third-order valence-corrected chi connectivity index (χ3v) is 4.14. The van der Waals surface area contributed by atoms with Gasteiger partial charge in [0.25, 0.3) is 0 Å². The molecule has 0 radical (unpaired) electrons. The number of likely N-dealkylation sites (tertiary alicyclic amines) is 1. The van der Waals surface area contributed by atoms with Crippen LogP contribution in [0, 0.1) is 0 Å². The van der Waals surface area contributed by atoms with Crippen LogP contribution in [0.1, 0.15) is 37.3 Å². The second-order valence-corrected chi connectivity index (χ2v) is 5.50. The van der Waals surface area contributed by atoms with E-state index in [2.05, 4.69) is 11.8 Å². The number of hydrogen-bond donors (Lipinski definition) is 1. The lowest BCUT2D eigenvalue weighted by atomic mass is 9.95. The largest absolute Gasteiger partial charge is 0.416 e. The van der Waals surface area contributed by atoms with Crippen molar-refractivity contribution in [3.63, 3.8) is 0 Å². The summed E-state index contributed by atoms with van der Waals surface area (Å²) in [4.78, 5) is 2.12. The smallest absolute Gasteiger partial charge is 0.329 e. The molecular formula is C15H21F3N2. The lowest BCUT2D eigenvalue weighted by Crippen LogP contribution is -2.48. The van der Waals surface area contributed by atoms with Gasteiger partial charge in [-0.1, -0.05) is 24.6 Å². The first-order valence-corrected chi connectivity index (χ1v) is 7.04. The highest BCUT2D eigenvalue weighted by molar-refractivity contribution is 5.29. The van der Waals surface area contributed by atoms with Crippen LogP contribution in [0.3, 0.4) is 0 Å². The Morgan fingerprint density at radius 3 is 2.60 bits per heavy atom. The van der Waals surface area contributed by atoms with Gasteiger partial charge in [0, 0.05) is 25.2 Å². The minimum atomic E-state index is -4.30. The Bertz CT molecular complexity index is 445. The van der Waals surface area contributed by atoms with Crippen molar-refractivity contribution in [3.05, 3.63) is 35.4 Å². The van der Waals surface area contributed by atoms with E-state index < -0.39 is 11.7 Å². The first kappa shape index (κ1) is 15.3. The normalized spacial score (nSPS) is 24.9. The zero-order chi connectivity index (χ0) is 14.8. The highest BCUT2D eigenvalue weighted by atomic mass is 19.4. The predicted molar refractivity (Wildman–Crippen MR) is 73.1 cm³/mol. The van der Waals surface area contributed by atoms with Gasteiger partial charge in [0.05, 0.1) is 5.56 Å². The van der Waals surface area contributed by atoms with Crippen molar-refractivity contribution >= 4 is 0 Å². The van der Waals surface area contributed by atoms with Gasteiger partial charge in [-0.25, -0.2) is 0 Å². The number of nitrogens with zero attached hydrogens (tertiary/aromatic N) is 1. The fourth-order valence-electron chi connectivity index (χ4n) is 3.01. The number of halogens is 3. The quantitative estimate of drug-likeness (QED) is 0.922. The molecule has 1 aromatic carbocycles. The van der Waals surface area contributed by atoms with E-state index in [-0.39, 0.29) is 12.1 Å². The van der Waals surface area contributed by atoms with Crippen molar-refractivity contribution in [2.75, 3.05) is 6.54 Å². The summed E-state index contributed by atoms with van der Waals surface area (Å²) < 4.78 is 39.1. The maximum Gasteiger partial charge on any atom is 0.416 e. The summed E-state index contributed by atoms with van der Waals surface area (Å²) >= 11 is 0. The van der Waals surface area contributed by atoms with Crippen LogP contribution in [0.25, 0.3) is 0 Å². The summed E-state index contributed by atoms with van der Waals surface area (Å²) in [6, 6.07) is 6.28. The summed E-state index contributed by atoms with van der Waals surface area (Å²) in [5, 5.41) is 0. The molecule has 0 amide bonds. The van der Waals surface area contributed by atoms with Crippen LogP contribution in [0.5, 0.6) is 0 Å². The van der Waals surface area contributed by atoms with Gasteiger partial charge < -0.3 is 5.73 Å². The van der Waals surface area contributed by atoms with Crippen LogP contribution in [0.15, 0.2) is 24.3 Å². The molecule has 0 spiro atoms. The van der Waals surface area contributed by atoms with Crippen LogP contribution in [-0.4, -0.2) is 23.5 Å². The van der Waals surface area contributed by atoms with E-state index in [1.807, 2.05) is 0 Å². The molecule has 1 aliphatic heterocycles. The second-order valence-electron chi connectivity index (χ2n) is 5.50. The van der Waals surface area contributed by atoms with Gasteiger partial charge in [-0.3, -0.25) is 4.90 Å². The third-order valence-electron chi connectivity index (χ3n) is 4.14. The minimum Gasteiger partial charge on any atom is -0.329 e. The van der Waals surface area contributed by atoms with Crippen LogP contribution in [-0.2, 0) is 12.7 Å². The van der Waals surface area contributed by atoms with Gasteiger partial charge in [-0.2, -0.15) is 13.2 Å². The van der Waals surface area contributed by atoms with E-state index in [1.165, 1.54) is 6.07 Å². The summed E-state index contributed by atoms with van der Waals surface area (Å²) in [6.07, 6.45) is -1.21. The molecule has 1 heterocycles. The van der Waals surface area contributed by atoms with E-state index in [9.17, 15) is 13.2 Å². The Morgan fingerprint density at radius 2 is 1.95 bits per heavy atom. The lowest BCUT2D eigenvalue weighted by Gasteiger charge is -2.40. The van der Waals surface area contributed by atoms with E-state index in [0.717, 1.165) is 25.3 Å². The number of hydrogen-bond acceptors (Lipinski definition) is 2. The van der Waals surface area contributed by atoms with Crippen molar-refractivity contribution in [2.45, 2.75) is 51.0 Å². The van der Waals surface area contributed by atoms with E-state index >= 15 is 0 Å². The molecule has 5 heteroatoms. The van der Waals surface area contributed by atoms with Crippen molar-refractivity contribution in [2.24, 2.45) is 5.73 Å². The molecule has 2 nitrogen and oxygen atoms in total. The van der Waals surface area contributed by atoms with Crippen molar-refractivity contribution in [1.29, 1.82) is 0 Å². The third kappa shape index (κ3) is 3.33. The molecule has 2 atom stereocenters. The van der Waals surface area contributed by atoms with Gasteiger partial charge in [0.1, 0.15) is 0 Å². The average Bonchev–Trinajstić information content (AvgIpc) is 2.40. The zero-order valence-electron chi connectivity index (χ0n) is 11.7. The highest BCUT2D eigenvalue weighted by Crippen LogP contribution is 2.34. The molecule has 2 unspecified atom stereocenters. The maximum absolute atomic E-state index is 13.0. The van der Waals surface area contributed by atoms with Crippen molar-refractivity contribution in [1.82, 2.24) is 4.90 Å². The SMILES string of the molecule is CC1CCCC(CN)N1Cc1ccccc1C(F)(F)F. The molecule has 0 aliphatic carbocycles. The molecule has 1 aromatic rings. The number of benzene rings is 1. The monoisotopic (exact) mass is 286 g/mol. The number of piperidine rings is 1. The number of alkyl halides is 3. The Hall–Kier alpha value is -1.07. The molecule has 0 saturated carbocycles. The van der Waals surface area contributed by atoms with E-state index in [4.69, 9.17) is 5.73 Å². The molecule has 1 aliphatic rings. The van der Waals surface area contributed by atoms with Gasteiger partial charge in [-0.15, -0.1) is 0 Å². The molecule has 2 rings (SSSR count). The topological polar surface area (TPSA) is 29.3 Å². The van der Waals surface area contributed by atoms with Crippen LogP contribution in [0.4, 0.5) is 13.2 Å². The summed E-state index contributed by atoms with van der Waals surface area (Å²) in [5.41, 5.74) is 5.58. The fraction of sp³-hybridized carbons (Fsp3) is 0.600. The molecule has 20 heavy (non-hydrogen) atoms. The number of nitrogens with two attached hydrogens (primary N) is 1. The fourth-order valence-corrected chi connectivity index (χ4v) is 3.01. The van der Waals surface area contributed by atoms with Crippen LogP contribution < -0.4 is 5.73 Å². The van der Waals surface area contributed by atoms with Gasteiger partial charge in [0.2, 0.25) is 0 Å². The number of rotatable bonds is 3. The van der Waals surface area contributed by atoms with Gasteiger partial charge in [0.15, 0.2) is 0 Å². The van der Waals surface area contributed by atoms with Crippen LogP contribution >= 0.6 is 0 Å². The molecule has 1 fully saturated rings. The first-order valence-electron chi connectivity index (χ1n) is 7.04. The van der Waals surface area contributed by atoms with Gasteiger partial charge in [-0.05, 0) is 31.4 Å². The Kier molecular flexibility index (Phi) is 4.70. The maximum atomic E-state index is 13.0.